The van der Waals surface area contributed by atoms with Gasteiger partial charge in [0.05, 0.1) is 12.8 Å². The first kappa shape index (κ1) is 14.1. The molecule has 0 radical (unpaired) electrons. The lowest BCUT2D eigenvalue weighted by atomic mass is 10.3. The van der Waals surface area contributed by atoms with E-state index in [1.54, 1.807) is 23.9 Å². The van der Waals surface area contributed by atoms with E-state index < -0.39 is 0 Å². The first-order valence-corrected chi connectivity index (χ1v) is 6.99. The SMILES string of the molecule is CCn1c(=O)ccc2cnc(Nc3ccccc3OC)nc21. The van der Waals surface area contributed by atoms with Crippen LogP contribution in [0.1, 0.15) is 6.92 Å². The van der Waals surface area contributed by atoms with E-state index in [-0.39, 0.29) is 5.56 Å². The molecule has 0 saturated carbocycles. The summed E-state index contributed by atoms with van der Waals surface area (Å²) in [7, 11) is 1.61. The van der Waals surface area contributed by atoms with Crippen molar-refractivity contribution in [2.45, 2.75) is 13.5 Å². The van der Waals surface area contributed by atoms with Gasteiger partial charge in [0.2, 0.25) is 5.95 Å². The van der Waals surface area contributed by atoms with Gasteiger partial charge in [-0.05, 0) is 25.1 Å². The highest BCUT2D eigenvalue weighted by molar-refractivity contribution is 5.76. The number of ether oxygens (including phenoxy) is 1. The maximum Gasteiger partial charge on any atom is 0.252 e. The van der Waals surface area contributed by atoms with Crippen LogP contribution in [0, 0.1) is 0 Å². The molecule has 1 aromatic carbocycles. The second-order valence-electron chi connectivity index (χ2n) is 4.71. The molecular weight excluding hydrogens is 280 g/mol. The van der Waals surface area contributed by atoms with E-state index in [1.807, 2.05) is 31.2 Å². The minimum absolute atomic E-state index is 0.0723. The van der Waals surface area contributed by atoms with Crippen molar-refractivity contribution in [1.82, 2.24) is 14.5 Å². The third-order valence-corrected chi connectivity index (χ3v) is 3.39. The average Bonchev–Trinajstić information content (AvgIpc) is 2.55. The molecular formula is C16H16N4O2. The summed E-state index contributed by atoms with van der Waals surface area (Å²) in [4.78, 5) is 20.6. The molecule has 0 aliphatic heterocycles. The van der Waals surface area contributed by atoms with Gasteiger partial charge < -0.3 is 10.1 Å². The molecule has 0 bridgehead atoms. The first-order chi connectivity index (χ1) is 10.7. The monoisotopic (exact) mass is 296 g/mol. The molecule has 6 nitrogen and oxygen atoms in total. The summed E-state index contributed by atoms with van der Waals surface area (Å²) in [5.74, 6) is 1.12. The fraction of sp³-hybridized carbons (Fsp3) is 0.188. The number of hydrogen-bond donors (Lipinski definition) is 1. The minimum Gasteiger partial charge on any atom is -0.495 e. The molecule has 0 spiro atoms. The van der Waals surface area contributed by atoms with Crippen molar-refractivity contribution in [2.24, 2.45) is 0 Å². The fourth-order valence-electron chi connectivity index (χ4n) is 2.31. The number of fused-ring (bicyclic) bond motifs is 1. The fourth-order valence-corrected chi connectivity index (χ4v) is 2.31. The summed E-state index contributed by atoms with van der Waals surface area (Å²) in [5.41, 5.74) is 1.31. The molecule has 2 aromatic heterocycles. The Labute approximate surface area is 127 Å². The maximum atomic E-state index is 11.9. The lowest BCUT2D eigenvalue weighted by Gasteiger charge is -2.11. The van der Waals surface area contributed by atoms with E-state index in [2.05, 4.69) is 15.3 Å². The number of pyridine rings is 1. The van der Waals surface area contributed by atoms with Gasteiger partial charge >= 0.3 is 0 Å². The zero-order valence-corrected chi connectivity index (χ0v) is 12.4. The number of aryl methyl sites for hydroxylation is 1. The van der Waals surface area contributed by atoms with Crippen LogP contribution in [-0.2, 0) is 6.54 Å². The maximum absolute atomic E-state index is 11.9. The normalized spacial score (nSPS) is 10.6. The third kappa shape index (κ3) is 2.50. The van der Waals surface area contributed by atoms with Crippen LogP contribution in [0.2, 0.25) is 0 Å². The Kier molecular flexibility index (Phi) is 3.74. The Morgan fingerprint density at radius 3 is 2.82 bits per heavy atom. The van der Waals surface area contributed by atoms with Crippen LogP contribution in [0.25, 0.3) is 11.0 Å². The molecule has 22 heavy (non-hydrogen) atoms. The molecule has 3 aromatic rings. The lowest BCUT2D eigenvalue weighted by molar-refractivity contribution is 0.417. The molecule has 0 amide bonds. The van der Waals surface area contributed by atoms with Gasteiger partial charge in [0.15, 0.2) is 0 Å². The Morgan fingerprint density at radius 1 is 1.23 bits per heavy atom. The average molecular weight is 296 g/mol. The van der Waals surface area contributed by atoms with Crippen LogP contribution in [0.3, 0.4) is 0 Å². The van der Waals surface area contributed by atoms with Gasteiger partial charge in [-0.3, -0.25) is 9.36 Å². The van der Waals surface area contributed by atoms with Crippen molar-refractivity contribution in [3.63, 3.8) is 0 Å². The summed E-state index contributed by atoms with van der Waals surface area (Å²) in [6.45, 7) is 2.47. The summed E-state index contributed by atoms with van der Waals surface area (Å²) < 4.78 is 6.91. The molecule has 0 atom stereocenters. The molecule has 0 aliphatic carbocycles. The van der Waals surface area contributed by atoms with E-state index >= 15 is 0 Å². The number of nitrogens with one attached hydrogen (secondary N) is 1. The van der Waals surface area contributed by atoms with Crippen LogP contribution in [0.5, 0.6) is 5.75 Å². The van der Waals surface area contributed by atoms with E-state index in [4.69, 9.17) is 4.74 Å². The number of aromatic nitrogens is 3. The van der Waals surface area contributed by atoms with Gasteiger partial charge in [-0.2, -0.15) is 4.98 Å². The molecule has 1 N–H and O–H groups in total. The van der Waals surface area contributed by atoms with Gasteiger partial charge in [-0.15, -0.1) is 0 Å². The van der Waals surface area contributed by atoms with E-state index in [0.717, 1.165) is 11.1 Å². The number of hydrogen-bond acceptors (Lipinski definition) is 5. The quantitative estimate of drug-likeness (QED) is 0.801. The summed E-state index contributed by atoms with van der Waals surface area (Å²) >= 11 is 0. The molecule has 0 saturated heterocycles. The van der Waals surface area contributed by atoms with Crippen LogP contribution in [-0.4, -0.2) is 21.6 Å². The first-order valence-electron chi connectivity index (χ1n) is 6.99. The number of methoxy groups -OCH3 is 1. The lowest BCUT2D eigenvalue weighted by Crippen LogP contribution is -2.19. The summed E-state index contributed by atoms with van der Waals surface area (Å²) in [6, 6.07) is 10.8. The van der Waals surface area contributed by atoms with E-state index in [9.17, 15) is 4.79 Å². The minimum atomic E-state index is -0.0723. The molecule has 0 fully saturated rings. The Balaban J connectivity index is 2.07. The number of benzene rings is 1. The molecule has 0 aliphatic rings. The summed E-state index contributed by atoms with van der Waals surface area (Å²) in [6.07, 6.45) is 1.70. The number of nitrogens with zero attached hydrogens (tertiary/aromatic N) is 3. The number of rotatable bonds is 4. The predicted molar refractivity (Wildman–Crippen MR) is 85.7 cm³/mol. The molecule has 6 heteroatoms. The molecule has 112 valence electrons. The van der Waals surface area contributed by atoms with Gasteiger partial charge in [-0.1, -0.05) is 12.1 Å². The van der Waals surface area contributed by atoms with Crippen molar-refractivity contribution in [1.29, 1.82) is 0 Å². The predicted octanol–water partition coefficient (Wildman–Crippen LogP) is 2.56. The number of para-hydroxylation sites is 2. The van der Waals surface area contributed by atoms with E-state index in [0.29, 0.717) is 23.9 Å². The van der Waals surface area contributed by atoms with Crippen molar-refractivity contribution in [3.05, 3.63) is 52.9 Å². The standard InChI is InChI=1S/C16H16N4O2/c1-3-20-14(21)9-8-11-10-17-16(19-15(11)20)18-12-6-4-5-7-13(12)22-2/h4-10H,3H2,1-2H3,(H,17,18,19). The Hall–Kier alpha value is -2.89. The molecule has 3 rings (SSSR count). The Morgan fingerprint density at radius 2 is 2.05 bits per heavy atom. The van der Waals surface area contributed by atoms with Crippen LogP contribution in [0.15, 0.2) is 47.4 Å². The van der Waals surface area contributed by atoms with Gasteiger partial charge in [0, 0.05) is 24.2 Å². The summed E-state index contributed by atoms with van der Waals surface area (Å²) in [5, 5.41) is 3.95. The zero-order chi connectivity index (χ0) is 15.5. The molecule has 0 unspecified atom stereocenters. The zero-order valence-electron chi connectivity index (χ0n) is 12.4. The molecule has 2 heterocycles. The second-order valence-corrected chi connectivity index (χ2v) is 4.71. The smallest absolute Gasteiger partial charge is 0.252 e. The van der Waals surface area contributed by atoms with Crippen LogP contribution in [0.4, 0.5) is 11.6 Å². The highest BCUT2D eigenvalue weighted by atomic mass is 16.5. The highest BCUT2D eigenvalue weighted by Gasteiger charge is 2.07. The van der Waals surface area contributed by atoms with Crippen molar-refractivity contribution in [3.8, 4) is 5.75 Å². The third-order valence-electron chi connectivity index (χ3n) is 3.39. The topological polar surface area (TPSA) is 69.0 Å². The van der Waals surface area contributed by atoms with Gasteiger partial charge in [0.25, 0.3) is 5.56 Å². The highest BCUT2D eigenvalue weighted by Crippen LogP contribution is 2.25. The van der Waals surface area contributed by atoms with Crippen LogP contribution < -0.4 is 15.6 Å². The number of anilines is 2. The van der Waals surface area contributed by atoms with Gasteiger partial charge in [0.1, 0.15) is 11.4 Å². The van der Waals surface area contributed by atoms with Crippen molar-refractivity contribution >= 4 is 22.7 Å². The van der Waals surface area contributed by atoms with Crippen molar-refractivity contribution in [2.75, 3.05) is 12.4 Å². The van der Waals surface area contributed by atoms with E-state index in [1.165, 1.54) is 6.07 Å². The second kappa shape index (κ2) is 5.85. The largest absolute Gasteiger partial charge is 0.495 e. The van der Waals surface area contributed by atoms with Gasteiger partial charge in [-0.25, -0.2) is 4.98 Å². The Bertz CT molecular complexity index is 873. The van der Waals surface area contributed by atoms with Crippen molar-refractivity contribution < 1.29 is 4.74 Å². The van der Waals surface area contributed by atoms with Crippen LogP contribution >= 0.6 is 0 Å².